The Kier molecular flexibility index (Phi) is 5.90. The Morgan fingerprint density at radius 3 is 2.54 bits per heavy atom. The van der Waals surface area contributed by atoms with E-state index in [0.29, 0.717) is 23.5 Å². The Hall–Kier alpha value is -3.42. The van der Waals surface area contributed by atoms with Gasteiger partial charge in [-0.2, -0.15) is 0 Å². The van der Waals surface area contributed by atoms with Crippen LogP contribution < -0.4 is 16.6 Å². The Morgan fingerprint density at radius 2 is 2.00 bits per heavy atom. The van der Waals surface area contributed by atoms with E-state index in [1.165, 1.54) is 13.0 Å². The minimum Gasteiger partial charge on any atom is -0.494 e. The molecule has 136 valence electrons. The molecular formula is C18H20N4O4. The lowest BCUT2D eigenvalue weighted by atomic mass is 10.1. The summed E-state index contributed by atoms with van der Waals surface area (Å²) in [4.78, 5) is 41.7. The van der Waals surface area contributed by atoms with Crippen LogP contribution in [0.1, 0.15) is 25.8 Å². The van der Waals surface area contributed by atoms with Gasteiger partial charge in [-0.3, -0.25) is 24.1 Å². The zero-order valence-electron chi connectivity index (χ0n) is 14.6. The number of H-pyrrole nitrogens is 1. The molecule has 0 aliphatic rings. The minimum absolute atomic E-state index is 0.0524. The number of aromatic nitrogens is 2. The van der Waals surface area contributed by atoms with Crippen LogP contribution in [0.25, 0.3) is 0 Å². The third-order valence-corrected chi connectivity index (χ3v) is 3.56. The summed E-state index contributed by atoms with van der Waals surface area (Å²) in [6.07, 6.45) is 1.79. The van der Waals surface area contributed by atoms with Crippen molar-refractivity contribution in [2.75, 3.05) is 5.32 Å². The second kappa shape index (κ2) is 8.11. The summed E-state index contributed by atoms with van der Waals surface area (Å²) < 4.78 is 1.01. The van der Waals surface area contributed by atoms with E-state index in [1.54, 1.807) is 31.2 Å². The first-order valence-corrected chi connectivity index (χ1v) is 8.00. The molecule has 0 aliphatic heterocycles. The van der Waals surface area contributed by atoms with E-state index < -0.39 is 17.1 Å². The van der Waals surface area contributed by atoms with Crippen LogP contribution in [0.2, 0.25) is 0 Å². The number of aromatic amines is 1. The summed E-state index contributed by atoms with van der Waals surface area (Å²) in [5.74, 6) is -0.634. The van der Waals surface area contributed by atoms with Crippen LogP contribution in [0, 0.1) is 0 Å². The van der Waals surface area contributed by atoms with Gasteiger partial charge in [-0.1, -0.05) is 13.0 Å². The molecule has 8 nitrogen and oxygen atoms in total. The highest BCUT2D eigenvalue weighted by Gasteiger charge is 2.18. The van der Waals surface area contributed by atoms with Crippen molar-refractivity contribution in [3.8, 4) is 5.88 Å². The van der Waals surface area contributed by atoms with Crippen LogP contribution in [0.15, 0.2) is 51.5 Å². The van der Waals surface area contributed by atoms with Gasteiger partial charge in [0.2, 0.25) is 11.8 Å². The average molecular weight is 356 g/mol. The van der Waals surface area contributed by atoms with Gasteiger partial charge < -0.3 is 10.4 Å². The number of nitrogens with zero attached hydrogens (tertiary/aromatic N) is 2. The van der Waals surface area contributed by atoms with Gasteiger partial charge in [0.1, 0.15) is 5.56 Å². The zero-order valence-corrected chi connectivity index (χ0v) is 14.6. The SMILES string of the molecule is C=CCn1c(O)c(C(CC)=Nc2ccc(NC(C)=O)cc2)c(=O)[nH]c1=O. The number of amides is 1. The molecule has 2 aromatic rings. The van der Waals surface area contributed by atoms with Crippen LogP contribution in [0.5, 0.6) is 5.88 Å². The lowest BCUT2D eigenvalue weighted by molar-refractivity contribution is -0.114. The van der Waals surface area contributed by atoms with E-state index in [9.17, 15) is 19.5 Å². The monoisotopic (exact) mass is 356 g/mol. The first kappa shape index (κ1) is 18.9. The smallest absolute Gasteiger partial charge is 0.331 e. The first-order valence-electron chi connectivity index (χ1n) is 8.00. The van der Waals surface area contributed by atoms with Gasteiger partial charge in [-0.25, -0.2) is 4.79 Å². The lowest BCUT2D eigenvalue weighted by Crippen LogP contribution is -2.33. The normalized spacial score (nSPS) is 11.2. The molecule has 0 radical (unpaired) electrons. The number of rotatable bonds is 6. The quantitative estimate of drug-likeness (QED) is 0.541. The Morgan fingerprint density at radius 1 is 1.35 bits per heavy atom. The van der Waals surface area contributed by atoms with Gasteiger partial charge in [0, 0.05) is 19.2 Å². The summed E-state index contributed by atoms with van der Waals surface area (Å²) in [7, 11) is 0. The predicted molar refractivity (Wildman–Crippen MR) is 100 cm³/mol. The Labute approximate surface area is 149 Å². The molecule has 0 unspecified atom stereocenters. The molecule has 1 amide bonds. The van der Waals surface area contributed by atoms with Crippen molar-refractivity contribution in [1.82, 2.24) is 9.55 Å². The number of benzene rings is 1. The number of aliphatic imine (C=N–C) groups is 1. The largest absolute Gasteiger partial charge is 0.494 e. The molecule has 0 fully saturated rings. The third kappa shape index (κ3) is 4.15. The molecule has 0 aliphatic carbocycles. The number of hydrogen-bond donors (Lipinski definition) is 3. The second-order valence-corrected chi connectivity index (χ2v) is 5.50. The number of allylic oxidation sites excluding steroid dienone is 1. The van der Waals surface area contributed by atoms with E-state index >= 15 is 0 Å². The average Bonchev–Trinajstić information content (AvgIpc) is 2.58. The van der Waals surface area contributed by atoms with Gasteiger partial charge in [-0.15, -0.1) is 6.58 Å². The molecule has 3 N–H and O–H groups in total. The highest BCUT2D eigenvalue weighted by atomic mass is 16.3. The fraction of sp³-hybridized carbons (Fsp3) is 0.222. The molecule has 8 heteroatoms. The van der Waals surface area contributed by atoms with Crippen molar-refractivity contribution in [1.29, 1.82) is 0 Å². The molecule has 26 heavy (non-hydrogen) atoms. The van der Waals surface area contributed by atoms with Crippen molar-refractivity contribution in [3.63, 3.8) is 0 Å². The van der Waals surface area contributed by atoms with Crippen LogP contribution in [0.4, 0.5) is 11.4 Å². The van der Waals surface area contributed by atoms with E-state index in [4.69, 9.17) is 0 Å². The first-order chi connectivity index (χ1) is 12.4. The summed E-state index contributed by atoms with van der Waals surface area (Å²) >= 11 is 0. The number of nitrogens with one attached hydrogen (secondary N) is 2. The van der Waals surface area contributed by atoms with Crippen molar-refractivity contribution in [2.45, 2.75) is 26.8 Å². The molecule has 0 bridgehead atoms. The molecule has 0 saturated heterocycles. The summed E-state index contributed by atoms with van der Waals surface area (Å²) in [6, 6.07) is 6.70. The third-order valence-electron chi connectivity index (χ3n) is 3.56. The molecule has 1 heterocycles. The van der Waals surface area contributed by atoms with Gasteiger partial charge in [0.05, 0.1) is 11.4 Å². The van der Waals surface area contributed by atoms with Gasteiger partial charge >= 0.3 is 5.69 Å². The molecule has 2 rings (SSSR count). The van der Waals surface area contributed by atoms with Crippen molar-refractivity contribution in [3.05, 3.63) is 63.3 Å². The standard InChI is InChI=1S/C18H20N4O4/c1-4-10-22-17(25)15(16(24)21-18(22)26)14(5-2)20-13-8-6-12(7-9-13)19-11(3)23/h4,6-9,25H,1,5,10H2,2-3H3,(H,19,23)(H,21,24,26). The van der Waals surface area contributed by atoms with Crippen molar-refractivity contribution < 1.29 is 9.90 Å². The zero-order chi connectivity index (χ0) is 19.3. The number of anilines is 1. The minimum atomic E-state index is -0.716. The van der Waals surface area contributed by atoms with Gasteiger partial charge in [-0.05, 0) is 30.7 Å². The van der Waals surface area contributed by atoms with E-state index in [2.05, 4.69) is 21.9 Å². The molecule has 0 atom stereocenters. The van der Waals surface area contributed by atoms with Crippen molar-refractivity contribution >= 4 is 23.0 Å². The molecule has 0 saturated carbocycles. The second-order valence-electron chi connectivity index (χ2n) is 5.50. The maximum atomic E-state index is 12.2. The maximum absolute atomic E-state index is 12.2. The fourth-order valence-electron chi connectivity index (χ4n) is 2.41. The number of carbonyl (C=O) groups excluding carboxylic acids is 1. The van der Waals surface area contributed by atoms with Crippen LogP contribution in [0.3, 0.4) is 0 Å². The molecule has 1 aromatic carbocycles. The van der Waals surface area contributed by atoms with E-state index in [1.807, 2.05) is 0 Å². The Bertz CT molecular complexity index is 968. The highest BCUT2D eigenvalue weighted by Crippen LogP contribution is 2.20. The fourth-order valence-corrected chi connectivity index (χ4v) is 2.41. The van der Waals surface area contributed by atoms with Gasteiger partial charge in [0.15, 0.2) is 0 Å². The number of hydrogen-bond acceptors (Lipinski definition) is 5. The topological polar surface area (TPSA) is 117 Å². The highest BCUT2D eigenvalue weighted by molar-refractivity contribution is 6.03. The van der Waals surface area contributed by atoms with Gasteiger partial charge in [0.25, 0.3) is 5.56 Å². The van der Waals surface area contributed by atoms with Crippen LogP contribution in [-0.4, -0.2) is 26.3 Å². The molecular weight excluding hydrogens is 336 g/mol. The van der Waals surface area contributed by atoms with Crippen LogP contribution in [-0.2, 0) is 11.3 Å². The summed E-state index contributed by atoms with van der Waals surface area (Å²) in [5, 5.41) is 13.0. The van der Waals surface area contributed by atoms with Crippen molar-refractivity contribution in [2.24, 2.45) is 4.99 Å². The molecule has 1 aromatic heterocycles. The van der Waals surface area contributed by atoms with E-state index in [-0.39, 0.29) is 18.0 Å². The number of aromatic hydroxyl groups is 1. The molecule has 0 spiro atoms. The number of carbonyl (C=O) groups is 1. The van der Waals surface area contributed by atoms with E-state index in [0.717, 1.165) is 4.57 Å². The predicted octanol–water partition coefficient (Wildman–Crippen LogP) is 1.92. The summed E-state index contributed by atoms with van der Waals surface area (Å²) in [5.41, 5.74) is 0.00853. The maximum Gasteiger partial charge on any atom is 0.331 e. The Balaban J connectivity index is 2.51. The van der Waals surface area contributed by atoms with Crippen LogP contribution >= 0.6 is 0 Å². The lowest BCUT2D eigenvalue weighted by Gasteiger charge is -2.11. The summed E-state index contributed by atoms with van der Waals surface area (Å²) in [6.45, 7) is 6.78.